The maximum atomic E-state index is 12.8. The van der Waals surface area contributed by atoms with Crippen LogP contribution in [0, 0.1) is 10.1 Å². The monoisotopic (exact) mass is 510 g/mol. The number of carbonyl (C=O) groups excluding carboxylic acids is 1. The number of rotatable bonds is 4. The number of carbonyl (C=O) groups is 2. The Balaban J connectivity index is 0.000000709. The normalized spacial score (nSPS) is 20.6. The van der Waals surface area contributed by atoms with Crippen molar-refractivity contribution in [1.82, 2.24) is 4.90 Å². The third kappa shape index (κ3) is 5.86. The number of thiocarbonyl (C=S) groups is 1. The van der Waals surface area contributed by atoms with Crippen LogP contribution in [0.25, 0.3) is 17.4 Å². The molecule has 1 unspecified atom stereocenters. The molecule has 2 aromatic rings. The lowest BCUT2D eigenvalue weighted by Crippen LogP contribution is -2.39. The van der Waals surface area contributed by atoms with Crippen LogP contribution >= 0.6 is 24.0 Å². The van der Waals surface area contributed by atoms with Crippen molar-refractivity contribution in [1.29, 1.82) is 0 Å². The van der Waals surface area contributed by atoms with E-state index in [1.165, 1.54) is 17.0 Å². The molecule has 1 atom stereocenters. The minimum atomic E-state index is -3.15. The summed E-state index contributed by atoms with van der Waals surface area (Å²) in [5.74, 6) is -0.579. The van der Waals surface area contributed by atoms with E-state index in [4.69, 9.17) is 26.5 Å². The van der Waals surface area contributed by atoms with Gasteiger partial charge in [-0.05, 0) is 24.6 Å². The molecule has 2 aliphatic heterocycles. The summed E-state index contributed by atoms with van der Waals surface area (Å²) < 4.78 is 29.5. The number of sulfone groups is 1. The van der Waals surface area contributed by atoms with Gasteiger partial charge in [-0.3, -0.25) is 24.6 Å². The van der Waals surface area contributed by atoms with Crippen molar-refractivity contribution in [3.63, 3.8) is 0 Å². The van der Waals surface area contributed by atoms with E-state index in [1.807, 2.05) is 0 Å². The Bertz CT molecular complexity index is 1260. The lowest BCUT2D eigenvalue weighted by molar-refractivity contribution is -0.384. The Hall–Kier alpha value is -3.03. The zero-order valence-corrected chi connectivity index (χ0v) is 19.6. The Morgan fingerprint density at radius 3 is 2.61 bits per heavy atom. The number of carboxylic acids is 1. The molecule has 3 heterocycles. The molecule has 0 aliphatic carbocycles. The fourth-order valence-corrected chi connectivity index (χ4v) is 6.40. The highest BCUT2D eigenvalue weighted by Gasteiger charge is 2.42. The van der Waals surface area contributed by atoms with Gasteiger partial charge in [-0.15, -0.1) is 0 Å². The molecule has 2 aliphatic rings. The molecule has 4 rings (SSSR count). The van der Waals surface area contributed by atoms with Crippen LogP contribution in [0.15, 0.2) is 45.7 Å². The van der Waals surface area contributed by atoms with E-state index < -0.39 is 26.8 Å². The SMILES string of the molecule is CC(=O)O.O=C1/C(=C\c2ccc(-c3ccccc3[N+](=O)[O-])o2)SC(=S)N1C1CCS(=O)(=O)C1. The minimum absolute atomic E-state index is 0.0468. The number of aliphatic carboxylic acids is 1. The summed E-state index contributed by atoms with van der Waals surface area (Å²) in [7, 11) is -3.15. The van der Waals surface area contributed by atoms with Gasteiger partial charge >= 0.3 is 0 Å². The smallest absolute Gasteiger partial charge is 0.300 e. The molecule has 2 saturated heterocycles. The van der Waals surface area contributed by atoms with Crippen LogP contribution in [0.5, 0.6) is 0 Å². The highest BCUT2D eigenvalue weighted by atomic mass is 32.2. The number of nitro benzene ring substituents is 1. The van der Waals surface area contributed by atoms with Crippen molar-refractivity contribution < 1.29 is 32.5 Å². The van der Waals surface area contributed by atoms with Crippen molar-refractivity contribution in [3.8, 4) is 11.3 Å². The molecule has 0 saturated carbocycles. The highest BCUT2D eigenvalue weighted by Crippen LogP contribution is 2.37. The first-order chi connectivity index (χ1) is 15.5. The van der Waals surface area contributed by atoms with Gasteiger partial charge in [-0.2, -0.15) is 0 Å². The van der Waals surface area contributed by atoms with Crippen LogP contribution in [-0.2, 0) is 19.4 Å². The molecular formula is C20H18N2O8S3. The Labute approximate surface area is 198 Å². The quantitative estimate of drug-likeness (QED) is 0.281. The first kappa shape index (κ1) is 24.6. The second-order valence-electron chi connectivity index (χ2n) is 7.10. The highest BCUT2D eigenvalue weighted by molar-refractivity contribution is 8.26. The largest absolute Gasteiger partial charge is 0.481 e. The van der Waals surface area contributed by atoms with Crippen molar-refractivity contribution in [2.45, 2.75) is 19.4 Å². The number of para-hydroxylation sites is 1. The lowest BCUT2D eigenvalue weighted by Gasteiger charge is -2.20. The number of carboxylic acid groups (broad SMARTS) is 1. The van der Waals surface area contributed by atoms with Crippen molar-refractivity contribution in [3.05, 3.63) is 57.2 Å². The molecule has 174 valence electrons. The predicted molar refractivity (Wildman–Crippen MR) is 126 cm³/mol. The fraction of sp³-hybridized carbons (Fsp3) is 0.250. The lowest BCUT2D eigenvalue weighted by atomic mass is 10.1. The number of amides is 1. The first-order valence-electron chi connectivity index (χ1n) is 9.49. The third-order valence-corrected chi connectivity index (χ3v) is 7.74. The van der Waals surface area contributed by atoms with Gasteiger partial charge < -0.3 is 9.52 Å². The fourth-order valence-electron chi connectivity index (χ4n) is 3.32. The molecule has 33 heavy (non-hydrogen) atoms. The van der Waals surface area contributed by atoms with Crippen LogP contribution in [0.3, 0.4) is 0 Å². The second kappa shape index (κ2) is 9.85. The molecule has 1 aromatic heterocycles. The van der Waals surface area contributed by atoms with E-state index in [0.29, 0.717) is 32.7 Å². The zero-order valence-electron chi connectivity index (χ0n) is 17.2. The van der Waals surface area contributed by atoms with Crippen LogP contribution < -0.4 is 0 Å². The zero-order chi connectivity index (χ0) is 24.3. The van der Waals surface area contributed by atoms with Gasteiger partial charge in [-0.1, -0.05) is 36.1 Å². The summed E-state index contributed by atoms with van der Waals surface area (Å²) in [6.45, 7) is 1.08. The van der Waals surface area contributed by atoms with Gasteiger partial charge in [0.15, 0.2) is 9.84 Å². The van der Waals surface area contributed by atoms with Crippen molar-refractivity contribution >= 4 is 61.8 Å². The van der Waals surface area contributed by atoms with Crippen LogP contribution in [0.2, 0.25) is 0 Å². The van der Waals surface area contributed by atoms with Gasteiger partial charge in [-0.25, -0.2) is 8.42 Å². The number of thioether (sulfide) groups is 1. The van der Waals surface area contributed by atoms with E-state index >= 15 is 0 Å². The van der Waals surface area contributed by atoms with Gasteiger partial charge in [0.1, 0.15) is 15.8 Å². The molecule has 13 heteroatoms. The first-order valence-corrected chi connectivity index (χ1v) is 12.5. The molecule has 1 aromatic carbocycles. The summed E-state index contributed by atoms with van der Waals surface area (Å²) in [5, 5.41) is 18.6. The number of hydrogen-bond acceptors (Lipinski definition) is 9. The number of hydrogen-bond donors (Lipinski definition) is 1. The molecule has 10 nitrogen and oxygen atoms in total. The van der Waals surface area contributed by atoms with E-state index in [0.717, 1.165) is 18.7 Å². The molecule has 0 spiro atoms. The number of nitrogens with zero attached hydrogens (tertiary/aromatic N) is 2. The standard InChI is InChI=1S/C18H14N2O6S3.C2H4O2/c21-17-16(28-18(27)19(17)11-7-8-29(24,25)10-11)9-12-5-6-15(26-12)13-3-1-2-4-14(13)20(22)23;1-2(3)4/h1-6,9,11H,7-8,10H2;1H3,(H,3,4)/b16-9+;. The average Bonchev–Trinajstić information content (AvgIpc) is 3.40. The van der Waals surface area contributed by atoms with Crippen molar-refractivity contribution in [2.24, 2.45) is 0 Å². The van der Waals surface area contributed by atoms with E-state index in [-0.39, 0.29) is 23.1 Å². The van der Waals surface area contributed by atoms with E-state index in [1.54, 1.807) is 30.3 Å². The number of furan rings is 1. The van der Waals surface area contributed by atoms with Gasteiger partial charge in [0.25, 0.3) is 17.6 Å². The minimum Gasteiger partial charge on any atom is -0.481 e. The Morgan fingerprint density at radius 2 is 2.00 bits per heavy atom. The molecule has 0 bridgehead atoms. The van der Waals surface area contributed by atoms with Gasteiger partial charge in [0.05, 0.1) is 32.9 Å². The second-order valence-corrected chi connectivity index (χ2v) is 11.0. The summed E-state index contributed by atoms with van der Waals surface area (Å²) in [4.78, 5) is 34.2. The molecule has 1 amide bonds. The summed E-state index contributed by atoms with van der Waals surface area (Å²) in [6, 6.07) is 8.97. The summed E-state index contributed by atoms with van der Waals surface area (Å²) in [5.41, 5.74) is 0.253. The molecule has 2 fully saturated rings. The van der Waals surface area contributed by atoms with E-state index in [2.05, 4.69) is 0 Å². The topological polar surface area (TPSA) is 148 Å². The molecule has 0 radical (unpaired) electrons. The average molecular weight is 511 g/mol. The predicted octanol–water partition coefficient (Wildman–Crippen LogP) is 3.33. The van der Waals surface area contributed by atoms with Gasteiger partial charge in [0, 0.05) is 19.1 Å². The van der Waals surface area contributed by atoms with Crippen LogP contribution in [-0.4, -0.2) is 57.1 Å². The third-order valence-electron chi connectivity index (χ3n) is 4.66. The summed E-state index contributed by atoms with van der Waals surface area (Å²) in [6.07, 6.45) is 1.88. The number of benzene rings is 1. The van der Waals surface area contributed by atoms with Crippen molar-refractivity contribution in [2.75, 3.05) is 11.5 Å². The Morgan fingerprint density at radius 1 is 1.33 bits per heavy atom. The molecular weight excluding hydrogens is 492 g/mol. The van der Waals surface area contributed by atoms with Gasteiger partial charge in [0.2, 0.25) is 0 Å². The van der Waals surface area contributed by atoms with Crippen LogP contribution in [0.1, 0.15) is 19.1 Å². The summed E-state index contributed by atoms with van der Waals surface area (Å²) >= 11 is 6.36. The Kier molecular flexibility index (Phi) is 7.34. The van der Waals surface area contributed by atoms with Crippen LogP contribution in [0.4, 0.5) is 5.69 Å². The number of nitro groups is 1. The maximum absolute atomic E-state index is 12.8. The maximum Gasteiger partial charge on any atom is 0.300 e. The van der Waals surface area contributed by atoms with E-state index in [9.17, 15) is 23.3 Å². The molecule has 1 N–H and O–H groups in total.